The topological polar surface area (TPSA) is 57.9 Å². The summed E-state index contributed by atoms with van der Waals surface area (Å²) in [6, 6.07) is 9.76. The first kappa shape index (κ1) is 15.0. The number of para-hydroxylation sites is 1. The number of hydrogen-bond acceptors (Lipinski definition) is 5. The molecule has 2 aromatic heterocycles. The van der Waals surface area contributed by atoms with Crippen LogP contribution in [0.25, 0.3) is 16.8 Å². The minimum Gasteiger partial charge on any atom is -0.493 e. The van der Waals surface area contributed by atoms with Gasteiger partial charge in [0.05, 0.1) is 25.9 Å². The van der Waals surface area contributed by atoms with E-state index in [0.29, 0.717) is 18.4 Å². The van der Waals surface area contributed by atoms with E-state index in [4.69, 9.17) is 14.2 Å². The Bertz CT molecular complexity index is 840. The molecule has 6 heteroatoms. The number of benzene rings is 1. The van der Waals surface area contributed by atoms with E-state index < -0.39 is 0 Å². The molecular weight excluding hydrogens is 306 g/mol. The molecule has 4 rings (SSSR count). The summed E-state index contributed by atoms with van der Waals surface area (Å²) in [5, 5.41) is 4.44. The molecule has 0 radical (unpaired) electrons. The molecule has 1 aliphatic rings. The molecule has 1 aromatic carbocycles. The molecule has 1 saturated heterocycles. The van der Waals surface area contributed by atoms with Crippen LogP contribution in [0.3, 0.4) is 0 Å². The largest absolute Gasteiger partial charge is 0.493 e. The van der Waals surface area contributed by atoms with Gasteiger partial charge in [0.25, 0.3) is 0 Å². The third-order valence-corrected chi connectivity index (χ3v) is 4.21. The van der Waals surface area contributed by atoms with E-state index in [1.165, 1.54) is 0 Å². The summed E-state index contributed by atoms with van der Waals surface area (Å²) in [6.45, 7) is 2.23. The van der Waals surface area contributed by atoms with Gasteiger partial charge in [-0.25, -0.2) is 9.50 Å². The molecule has 1 atom stereocenters. The Morgan fingerprint density at radius 1 is 1.29 bits per heavy atom. The van der Waals surface area contributed by atoms with Gasteiger partial charge in [0.15, 0.2) is 5.65 Å². The smallest absolute Gasteiger partial charge is 0.243 e. The third-order valence-electron chi connectivity index (χ3n) is 4.21. The Balaban J connectivity index is 1.74. The molecular formula is C18H19N3O3. The van der Waals surface area contributed by atoms with Crippen molar-refractivity contribution in [2.24, 2.45) is 5.92 Å². The van der Waals surface area contributed by atoms with Gasteiger partial charge in [-0.15, -0.1) is 5.10 Å². The maximum atomic E-state index is 6.09. The van der Waals surface area contributed by atoms with Crippen LogP contribution < -0.4 is 9.47 Å². The zero-order chi connectivity index (χ0) is 16.4. The number of nitrogens with zero attached hydrogens (tertiary/aromatic N) is 3. The first-order valence-corrected chi connectivity index (χ1v) is 8.04. The van der Waals surface area contributed by atoms with Crippen LogP contribution in [0.5, 0.6) is 11.6 Å². The normalized spacial score (nSPS) is 17.3. The molecule has 1 aliphatic heterocycles. The van der Waals surface area contributed by atoms with Crippen molar-refractivity contribution in [3.05, 3.63) is 42.7 Å². The van der Waals surface area contributed by atoms with Gasteiger partial charge >= 0.3 is 0 Å². The summed E-state index contributed by atoms with van der Waals surface area (Å²) in [5.41, 5.74) is 2.52. The molecule has 0 amide bonds. The van der Waals surface area contributed by atoms with Gasteiger partial charge < -0.3 is 14.2 Å². The predicted octanol–water partition coefficient (Wildman–Crippen LogP) is 2.82. The second kappa shape index (κ2) is 6.49. The molecule has 0 bridgehead atoms. The molecule has 0 N–H and O–H groups in total. The van der Waals surface area contributed by atoms with Gasteiger partial charge in [-0.05, 0) is 18.6 Å². The van der Waals surface area contributed by atoms with Crippen molar-refractivity contribution >= 4 is 5.65 Å². The van der Waals surface area contributed by atoms with Gasteiger partial charge in [0.2, 0.25) is 5.88 Å². The first-order chi connectivity index (χ1) is 11.9. The highest BCUT2D eigenvalue weighted by atomic mass is 16.5. The molecule has 0 aliphatic carbocycles. The van der Waals surface area contributed by atoms with E-state index in [9.17, 15) is 0 Å². The first-order valence-electron chi connectivity index (χ1n) is 8.04. The van der Waals surface area contributed by atoms with Crippen LogP contribution in [-0.4, -0.2) is 41.5 Å². The van der Waals surface area contributed by atoms with Crippen LogP contribution in [-0.2, 0) is 4.74 Å². The van der Waals surface area contributed by atoms with Gasteiger partial charge in [-0.2, -0.15) is 0 Å². The molecule has 6 nitrogen and oxygen atoms in total. The number of hydrogen-bond donors (Lipinski definition) is 0. The molecule has 3 heterocycles. The van der Waals surface area contributed by atoms with Crippen LogP contribution in [0.1, 0.15) is 6.42 Å². The summed E-state index contributed by atoms with van der Waals surface area (Å²) in [6.07, 6.45) is 4.65. The highest BCUT2D eigenvalue weighted by molar-refractivity contribution is 5.85. The average Bonchev–Trinajstić information content (AvgIpc) is 3.27. The molecule has 1 unspecified atom stereocenters. The van der Waals surface area contributed by atoms with Gasteiger partial charge in [-0.1, -0.05) is 18.2 Å². The van der Waals surface area contributed by atoms with Crippen LogP contribution in [0.4, 0.5) is 0 Å². The fourth-order valence-electron chi connectivity index (χ4n) is 2.97. The molecule has 1 fully saturated rings. The monoisotopic (exact) mass is 325 g/mol. The second-order valence-corrected chi connectivity index (χ2v) is 5.81. The van der Waals surface area contributed by atoms with E-state index in [1.807, 2.05) is 36.5 Å². The van der Waals surface area contributed by atoms with Crippen LogP contribution in [0.2, 0.25) is 0 Å². The van der Waals surface area contributed by atoms with E-state index in [1.54, 1.807) is 17.8 Å². The fourth-order valence-corrected chi connectivity index (χ4v) is 2.97. The average molecular weight is 325 g/mol. The Hall–Kier alpha value is -2.60. The minimum atomic E-state index is 0.446. The zero-order valence-corrected chi connectivity index (χ0v) is 13.5. The maximum absolute atomic E-state index is 6.09. The minimum absolute atomic E-state index is 0.446. The molecule has 0 spiro atoms. The highest BCUT2D eigenvalue weighted by Gasteiger charge is 2.21. The molecule has 3 aromatic rings. The van der Waals surface area contributed by atoms with Crippen molar-refractivity contribution in [2.75, 3.05) is 26.9 Å². The lowest BCUT2D eigenvalue weighted by atomic mass is 10.1. The number of fused-ring (bicyclic) bond motifs is 1. The quantitative estimate of drug-likeness (QED) is 0.722. The van der Waals surface area contributed by atoms with Crippen molar-refractivity contribution in [3.63, 3.8) is 0 Å². The van der Waals surface area contributed by atoms with Gasteiger partial charge in [0, 0.05) is 30.5 Å². The van der Waals surface area contributed by atoms with Gasteiger partial charge in [-0.3, -0.25) is 0 Å². The zero-order valence-electron chi connectivity index (χ0n) is 13.5. The number of rotatable bonds is 5. The van der Waals surface area contributed by atoms with Crippen molar-refractivity contribution in [3.8, 4) is 22.8 Å². The van der Waals surface area contributed by atoms with Crippen LogP contribution in [0.15, 0.2) is 42.7 Å². The summed E-state index contributed by atoms with van der Waals surface area (Å²) >= 11 is 0. The van der Waals surface area contributed by atoms with E-state index in [0.717, 1.165) is 42.2 Å². The van der Waals surface area contributed by atoms with Crippen LogP contribution in [0, 0.1) is 5.92 Å². The lowest BCUT2D eigenvalue weighted by Gasteiger charge is -2.14. The number of methoxy groups -OCH3 is 1. The van der Waals surface area contributed by atoms with Crippen molar-refractivity contribution < 1.29 is 14.2 Å². The molecule has 0 saturated carbocycles. The lowest BCUT2D eigenvalue weighted by Crippen LogP contribution is -2.12. The summed E-state index contributed by atoms with van der Waals surface area (Å²) in [7, 11) is 1.62. The van der Waals surface area contributed by atoms with Gasteiger partial charge in [0.1, 0.15) is 5.75 Å². The van der Waals surface area contributed by atoms with E-state index in [-0.39, 0.29) is 0 Å². The second-order valence-electron chi connectivity index (χ2n) is 5.81. The lowest BCUT2D eigenvalue weighted by molar-refractivity contribution is 0.167. The molecule has 124 valence electrons. The van der Waals surface area contributed by atoms with Crippen molar-refractivity contribution in [1.29, 1.82) is 0 Å². The summed E-state index contributed by atoms with van der Waals surface area (Å²) < 4.78 is 18.7. The fraction of sp³-hybridized carbons (Fsp3) is 0.333. The molecule has 24 heavy (non-hydrogen) atoms. The Morgan fingerprint density at radius 2 is 2.21 bits per heavy atom. The highest BCUT2D eigenvalue weighted by Crippen LogP contribution is 2.38. The summed E-state index contributed by atoms with van der Waals surface area (Å²) in [4.78, 5) is 4.45. The Morgan fingerprint density at radius 3 is 3.04 bits per heavy atom. The van der Waals surface area contributed by atoms with Crippen molar-refractivity contribution in [1.82, 2.24) is 14.6 Å². The van der Waals surface area contributed by atoms with Crippen molar-refractivity contribution in [2.45, 2.75) is 6.42 Å². The standard InChI is InChI=1S/C18H19N3O3/c1-22-18-16(17-19-8-4-9-21(17)20-18)14-5-2-3-6-15(14)24-12-13-7-10-23-11-13/h2-6,8-9,13H,7,10-12H2,1H3. The Labute approximate surface area is 140 Å². The summed E-state index contributed by atoms with van der Waals surface area (Å²) in [5.74, 6) is 1.79. The SMILES string of the molecule is COc1nn2cccnc2c1-c1ccccc1OCC1CCOC1. The van der Waals surface area contributed by atoms with E-state index in [2.05, 4.69) is 10.1 Å². The van der Waals surface area contributed by atoms with Crippen LogP contribution >= 0.6 is 0 Å². The third kappa shape index (κ3) is 2.69. The Kier molecular flexibility index (Phi) is 4.04. The number of aromatic nitrogens is 3. The maximum Gasteiger partial charge on any atom is 0.243 e. The number of ether oxygens (including phenoxy) is 3. The van der Waals surface area contributed by atoms with E-state index >= 15 is 0 Å². The predicted molar refractivity (Wildman–Crippen MR) is 89.4 cm³/mol.